The Morgan fingerprint density at radius 2 is 0.677 bits per heavy atom. The number of nitrogens with zero attached hydrogens (tertiary/aromatic N) is 4. The van der Waals surface area contributed by atoms with Gasteiger partial charge in [0.05, 0.1) is 38.9 Å². The molecule has 0 aliphatic heterocycles. The molecule has 4 aromatic heterocycles. The summed E-state index contributed by atoms with van der Waals surface area (Å²) in [4.78, 5) is 19.6. The Balaban J connectivity index is 0.897. The zero-order valence-electron chi connectivity index (χ0n) is 35.2. The average molecular weight is 827 g/mol. The molecule has 0 saturated carbocycles. The lowest BCUT2D eigenvalue weighted by atomic mass is 9.67. The van der Waals surface area contributed by atoms with E-state index in [-0.39, 0.29) is 0 Å². The number of hydrogen-bond donors (Lipinski definition) is 0. The van der Waals surface area contributed by atoms with E-state index in [1.807, 2.05) is 24.5 Å². The van der Waals surface area contributed by atoms with Gasteiger partial charge in [-0.1, -0.05) is 182 Å². The van der Waals surface area contributed by atoms with E-state index < -0.39 is 5.41 Å². The third-order valence-corrected chi connectivity index (χ3v) is 13.4. The normalized spacial score (nSPS) is 12.7. The SMILES string of the molecule is c1cc(-c2ccc(-c3ccc4ccc5cccnc5c4n3)cc2)cc(C2(c3cccc(-c4ccc(-c5ccc6ccc7cccnc7c6n5)cc4)c3)c3ccccc3-c3ccccc32)c1. The van der Waals surface area contributed by atoms with Crippen molar-refractivity contribution in [1.29, 1.82) is 0 Å². The lowest BCUT2D eigenvalue weighted by Gasteiger charge is -2.34. The fourth-order valence-electron chi connectivity index (χ4n) is 10.3. The zero-order chi connectivity index (χ0) is 42.9. The van der Waals surface area contributed by atoms with Crippen LogP contribution in [0.4, 0.5) is 0 Å². The molecule has 12 aromatic rings. The molecule has 0 spiro atoms. The van der Waals surface area contributed by atoms with E-state index >= 15 is 0 Å². The summed E-state index contributed by atoms with van der Waals surface area (Å²) in [6.45, 7) is 0. The summed E-state index contributed by atoms with van der Waals surface area (Å²) < 4.78 is 0. The van der Waals surface area contributed by atoms with Gasteiger partial charge in [0, 0.05) is 45.1 Å². The van der Waals surface area contributed by atoms with Gasteiger partial charge < -0.3 is 0 Å². The molecule has 302 valence electrons. The van der Waals surface area contributed by atoms with Crippen molar-refractivity contribution in [1.82, 2.24) is 19.9 Å². The van der Waals surface area contributed by atoms with Gasteiger partial charge in [0.2, 0.25) is 0 Å². The van der Waals surface area contributed by atoms with E-state index in [1.54, 1.807) is 0 Å². The van der Waals surface area contributed by atoms with Crippen LogP contribution in [0.3, 0.4) is 0 Å². The summed E-state index contributed by atoms with van der Waals surface area (Å²) in [5.74, 6) is 0. The van der Waals surface area contributed by atoms with Crippen LogP contribution < -0.4 is 0 Å². The molecular weight excluding hydrogens is 789 g/mol. The minimum absolute atomic E-state index is 0.559. The highest BCUT2D eigenvalue weighted by molar-refractivity contribution is 6.04. The predicted molar refractivity (Wildman–Crippen MR) is 267 cm³/mol. The van der Waals surface area contributed by atoms with Gasteiger partial charge in [-0.2, -0.15) is 0 Å². The zero-order valence-corrected chi connectivity index (χ0v) is 35.2. The van der Waals surface area contributed by atoms with Crippen LogP contribution in [-0.2, 0) is 5.41 Å². The highest BCUT2D eigenvalue weighted by atomic mass is 14.8. The molecule has 8 aromatic carbocycles. The second-order valence-electron chi connectivity index (χ2n) is 17.0. The molecule has 1 aliphatic rings. The largest absolute Gasteiger partial charge is 0.254 e. The minimum Gasteiger partial charge on any atom is -0.254 e. The first kappa shape index (κ1) is 37.0. The summed E-state index contributed by atoms with van der Waals surface area (Å²) in [5.41, 5.74) is 19.3. The third-order valence-electron chi connectivity index (χ3n) is 13.4. The molecule has 4 heterocycles. The van der Waals surface area contributed by atoms with Gasteiger partial charge >= 0.3 is 0 Å². The number of rotatable bonds is 6. The van der Waals surface area contributed by atoms with Crippen LogP contribution in [0.25, 0.3) is 99.5 Å². The number of hydrogen-bond acceptors (Lipinski definition) is 4. The minimum atomic E-state index is -0.559. The first-order valence-electron chi connectivity index (χ1n) is 22.1. The maximum Gasteiger partial charge on any atom is 0.0972 e. The van der Waals surface area contributed by atoms with Gasteiger partial charge in [0.15, 0.2) is 0 Å². The van der Waals surface area contributed by atoms with Crippen LogP contribution in [-0.4, -0.2) is 19.9 Å². The first-order chi connectivity index (χ1) is 32.2. The maximum absolute atomic E-state index is 5.13. The van der Waals surface area contributed by atoms with Crippen molar-refractivity contribution in [2.24, 2.45) is 0 Å². The lowest BCUT2D eigenvalue weighted by molar-refractivity contribution is 0.769. The quantitative estimate of drug-likeness (QED) is 0.157. The summed E-state index contributed by atoms with van der Waals surface area (Å²) in [6.07, 6.45) is 3.68. The molecule has 0 unspecified atom stereocenters. The highest BCUT2D eigenvalue weighted by Crippen LogP contribution is 2.56. The molecule has 4 nitrogen and oxygen atoms in total. The van der Waals surface area contributed by atoms with E-state index in [0.717, 1.165) is 88.4 Å². The van der Waals surface area contributed by atoms with E-state index in [0.29, 0.717) is 0 Å². The lowest BCUT2D eigenvalue weighted by Crippen LogP contribution is -2.28. The van der Waals surface area contributed by atoms with Gasteiger partial charge in [0.25, 0.3) is 0 Å². The Hall–Kier alpha value is -8.60. The van der Waals surface area contributed by atoms with E-state index in [1.165, 1.54) is 33.4 Å². The molecule has 13 rings (SSSR count). The van der Waals surface area contributed by atoms with Crippen molar-refractivity contribution in [3.05, 3.63) is 253 Å². The average Bonchev–Trinajstić information content (AvgIpc) is 3.69. The number of aromatic nitrogens is 4. The number of pyridine rings is 4. The van der Waals surface area contributed by atoms with Crippen molar-refractivity contribution >= 4 is 43.6 Å². The van der Waals surface area contributed by atoms with Crippen molar-refractivity contribution in [3.8, 4) is 55.9 Å². The van der Waals surface area contributed by atoms with Crippen LogP contribution >= 0.6 is 0 Å². The second kappa shape index (κ2) is 14.8. The highest BCUT2D eigenvalue weighted by Gasteiger charge is 2.46. The Bertz CT molecular complexity index is 3580. The van der Waals surface area contributed by atoms with Crippen LogP contribution in [0, 0.1) is 0 Å². The molecule has 0 saturated heterocycles. The smallest absolute Gasteiger partial charge is 0.0972 e. The van der Waals surface area contributed by atoms with Crippen molar-refractivity contribution < 1.29 is 0 Å². The Labute approximate surface area is 376 Å². The molecule has 0 amide bonds. The fourth-order valence-corrected chi connectivity index (χ4v) is 10.3. The topological polar surface area (TPSA) is 51.6 Å². The monoisotopic (exact) mass is 826 g/mol. The first-order valence-corrected chi connectivity index (χ1v) is 22.1. The van der Waals surface area contributed by atoms with Crippen molar-refractivity contribution in [2.45, 2.75) is 5.41 Å². The summed E-state index contributed by atoms with van der Waals surface area (Å²) in [6, 6.07) is 79.0. The third kappa shape index (κ3) is 5.92. The maximum atomic E-state index is 5.13. The molecule has 65 heavy (non-hydrogen) atoms. The van der Waals surface area contributed by atoms with Gasteiger partial charge in [-0.15, -0.1) is 0 Å². The van der Waals surface area contributed by atoms with Crippen molar-refractivity contribution in [3.63, 3.8) is 0 Å². The van der Waals surface area contributed by atoms with Gasteiger partial charge in [-0.25, -0.2) is 9.97 Å². The molecule has 0 radical (unpaired) electrons. The molecule has 0 bridgehead atoms. The molecular formula is C61H38N4. The Kier molecular flexibility index (Phi) is 8.40. The Morgan fingerprint density at radius 3 is 1.14 bits per heavy atom. The van der Waals surface area contributed by atoms with Gasteiger partial charge in [0.1, 0.15) is 0 Å². The standard InChI is InChI=1S/C61H38N4/c1-3-17-53-51(15-1)52-16-2-4-18-54(52)61(53,49-13-5-9-47(37-49)39-19-23-41(24-20-39)55-33-31-45-29-27-43-11-7-35-62-57(43)59(45)64-55)50-14-6-10-48(38-50)40-21-25-42(26-22-40)56-34-32-46-30-28-44-12-8-36-63-58(44)60(46)65-56/h1-38H. The van der Waals surface area contributed by atoms with Crippen LogP contribution in [0.1, 0.15) is 22.3 Å². The number of benzene rings is 8. The van der Waals surface area contributed by atoms with Gasteiger partial charge in [-0.05, 0) is 92.0 Å². The summed E-state index contributed by atoms with van der Waals surface area (Å²) in [5, 5.41) is 4.35. The van der Waals surface area contributed by atoms with E-state index in [2.05, 4.69) is 216 Å². The second-order valence-corrected chi connectivity index (χ2v) is 17.0. The molecule has 4 heteroatoms. The molecule has 0 atom stereocenters. The number of fused-ring (bicyclic) bond motifs is 9. The van der Waals surface area contributed by atoms with Crippen LogP contribution in [0.2, 0.25) is 0 Å². The summed E-state index contributed by atoms with van der Waals surface area (Å²) >= 11 is 0. The van der Waals surface area contributed by atoms with Gasteiger partial charge in [-0.3, -0.25) is 9.97 Å². The van der Waals surface area contributed by atoms with E-state index in [9.17, 15) is 0 Å². The molecule has 1 aliphatic carbocycles. The van der Waals surface area contributed by atoms with Crippen LogP contribution in [0.5, 0.6) is 0 Å². The fraction of sp³-hybridized carbons (Fsp3) is 0.0164. The summed E-state index contributed by atoms with van der Waals surface area (Å²) in [7, 11) is 0. The van der Waals surface area contributed by atoms with Crippen molar-refractivity contribution in [2.75, 3.05) is 0 Å². The Morgan fingerprint density at radius 1 is 0.277 bits per heavy atom. The molecule has 0 fully saturated rings. The predicted octanol–water partition coefficient (Wildman–Crippen LogP) is 14.9. The van der Waals surface area contributed by atoms with Crippen LogP contribution in [0.15, 0.2) is 231 Å². The molecule has 0 N–H and O–H groups in total. The van der Waals surface area contributed by atoms with E-state index in [4.69, 9.17) is 9.97 Å².